The summed E-state index contributed by atoms with van der Waals surface area (Å²) in [5, 5.41) is 21.2. The molecule has 3 aromatic rings. The van der Waals surface area contributed by atoms with Crippen molar-refractivity contribution < 1.29 is 23.1 Å². The van der Waals surface area contributed by atoms with Crippen LogP contribution in [-0.4, -0.2) is 45.9 Å². The monoisotopic (exact) mass is 434 g/mol. The molecule has 0 aliphatic rings. The number of aliphatic hydroxyl groups is 1. The van der Waals surface area contributed by atoms with Gasteiger partial charge in [0.05, 0.1) is 25.1 Å². The Morgan fingerprint density at radius 3 is 2.97 bits per heavy atom. The molecule has 2 heterocycles. The number of allylic oxidation sites excluding steroid dienone is 1. The molecule has 0 radical (unpaired) electrons. The molecule has 0 aliphatic heterocycles. The van der Waals surface area contributed by atoms with E-state index in [2.05, 4.69) is 25.9 Å². The quantitative estimate of drug-likeness (QED) is 0.335. The van der Waals surface area contributed by atoms with E-state index in [1.54, 1.807) is 19.2 Å². The van der Waals surface area contributed by atoms with Gasteiger partial charge in [-0.05, 0) is 31.2 Å². The van der Waals surface area contributed by atoms with Gasteiger partial charge in [-0.1, -0.05) is 9.70 Å². The Morgan fingerprint density at radius 1 is 1.39 bits per heavy atom. The maximum atomic E-state index is 13.8. The Bertz CT molecular complexity index is 1090. The number of aliphatic hydroxyl groups excluding tert-OH is 1. The van der Waals surface area contributed by atoms with Gasteiger partial charge in [-0.25, -0.2) is 18.3 Å². The Kier molecular flexibility index (Phi) is 7.44. The fourth-order valence-corrected chi connectivity index (χ4v) is 2.98. The Hall–Kier alpha value is -3.60. The number of fused-ring (bicyclic) bond motifs is 1. The van der Waals surface area contributed by atoms with Crippen molar-refractivity contribution in [1.29, 1.82) is 0 Å². The van der Waals surface area contributed by atoms with Crippen LogP contribution in [0.5, 0.6) is 5.75 Å². The first-order valence-corrected chi connectivity index (χ1v) is 9.35. The third-order valence-corrected chi connectivity index (χ3v) is 4.35. The molecule has 1 atom stereocenters. The number of benzene rings is 1. The molecule has 164 valence electrons. The van der Waals surface area contributed by atoms with E-state index >= 15 is 0 Å². The zero-order valence-corrected chi connectivity index (χ0v) is 16.6. The van der Waals surface area contributed by atoms with Crippen LogP contribution in [0.2, 0.25) is 0 Å². The topological polar surface area (TPSA) is 96.1 Å². The van der Waals surface area contributed by atoms with Gasteiger partial charge in [-0.3, -0.25) is 0 Å². The molecule has 11 heteroatoms. The Labute approximate surface area is 176 Å². The lowest BCUT2D eigenvalue weighted by molar-refractivity contribution is 0.200. The van der Waals surface area contributed by atoms with Crippen LogP contribution < -0.4 is 15.4 Å². The van der Waals surface area contributed by atoms with E-state index in [9.17, 15) is 13.3 Å². The highest BCUT2D eigenvalue weighted by Gasteiger charge is 2.16. The van der Waals surface area contributed by atoms with E-state index in [0.29, 0.717) is 28.3 Å². The summed E-state index contributed by atoms with van der Waals surface area (Å²) < 4.78 is 45.8. The van der Waals surface area contributed by atoms with Crippen molar-refractivity contribution in [2.24, 2.45) is 5.21 Å². The zero-order chi connectivity index (χ0) is 22.2. The molecule has 0 aliphatic carbocycles. The van der Waals surface area contributed by atoms with Crippen LogP contribution in [-0.2, 0) is 0 Å². The van der Waals surface area contributed by atoms with Crippen LogP contribution in [0.1, 0.15) is 24.1 Å². The van der Waals surface area contributed by atoms with E-state index in [0.717, 1.165) is 6.21 Å². The van der Waals surface area contributed by atoms with E-state index in [1.807, 2.05) is 0 Å². The molecule has 0 fully saturated rings. The van der Waals surface area contributed by atoms with Gasteiger partial charge in [0.15, 0.2) is 12.4 Å². The van der Waals surface area contributed by atoms with Crippen molar-refractivity contribution in [3.63, 3.8) is 0 Å². The first-order valence-electron chi connectivity index (χ1n) is 9.35. The minimum atomic E-state index is -0.838. The normalized spacial score (nSPS) is 13.0. The number of nitrogens with zero attached hydrogens (tertiary/aromatic N) is 4. The maximum Gasteiger partial charge on any atom is 0.165 e. The molecule has 2 aromatic heterocycles. The second-order valence-corrected chi connectivity index (χ2v) is 6.42. The average Bonchev–Trinajstić information content (AvgIpc) is 3.19. The van der Waals surface area contributed by atoms with E-state index < -0.39 is 18.7 Å². The minimum Gasteiger partial charge on any atom is -0.491 e. The third kappa shape index (κ3) is 5.31. The predicted octanol–water partition coefficient (Wildman–Crippen LogP) is 3.23. The molecule has 3 N–H and O–H groups in total. The van der Waals surface area contributed by atoms with Gasteiger partial charge in [0, 0.05) is 29.1 Å². The summed E-state index contributed by atoms with van der Waals surface area (Å²) in [5.74, 6) is 0.444. The molecule has 31 heavy (non-hydrogen) atoms. The second kappa shape index (κ2) is 10.4. The fourth-order valence-electron chi connectivity index (χ4n) is 2.98. The SMILES string of the molecule is CC(Nc1ccn2ncc(C(/C=N\F)=C/NCF)c2n1)c1cc(F)ccc1OCCO. The Balaban J connectivity index is 1.91. The van der Waals surface area contributed by atoms with Crippen LogP contribution in [0.15, 0.2) is 48.1 Å². The lowest BCUT2D eigenvalue weighted by Crippen LogP contribution is -2.12. The molecule has 1 unspecified atom stereocenters. The largest absolute Gasteiger partial charge is 0.491 e. The summed E-state index contributed by atoms with van der Waals surface area (Å²) in [4.78, 5) is 4.49. The van der Waals surface area contributed by atoms with E-state index in [4.69, 9.17) is 9.84 Å². The van der Waals surface area contributed by atoms with Crippen molar-refractivity contribution in [3.05, 3.63) is 59.8 Å². The highest BCUT2D eigenvalue weighted by atomic mass is 19.2. The van der Waals surface area contributed by atoms with Gasteiger partial charge < -0.3 is 20.5 Å². The molecule has 8 nitrogen and oxygen atoms in total. The summed E-state index contributed by atoms with van der Waals surface area (Å²) in [6.45, 7) is 0.869. The van der Waals surface area contributed by atoms with E-state index in [-0.39, 0.29) is 18.8 Å². The average molecular weight is 434 g/mol. The minimum absolute atomic E-state index is 0.0763. The number of hydrogen-bond acceptors (Lipinski definition) is 7. The number of halogens is 3. The van der Waals surface area contributed by atoms with Gasteiger partial charge in [0.2, 0.25) is 0 Å². The standard InChI is InChI=1S/C20H21F3N6O2/c1-13(16-8-15(22)2-3-18(16)31-7-6-30)27-19-4-5-29-20(28-19)17(11-26-29)14(10-25-23)9-24-12-21/h2-5,8-11,13,24,30H,6-7,12H2,1H3,(H,27,28)/b14-9+,25-10-. The summed E-state index contributed by atoms with van der Waals surface area (Å²) in [5.41, 5.74) is 1.59. The van der Waals surface area contributed by atoms with Crippen LogP contribution >= 0.6 is 0 Å². The van der Waals surface area contributed by atoms with Gasteiger partial charge in [0.1, 0.15) is 24.0 Å². The number of aromatic nitrogens is 3. The number of rotatable bonds is 10. The second-order valence-electron chi connectivity index (χ2n) is 6.42. The third-order valence-electron chi connectivity index (χ3n) is 4.35. The van der Waals surface area contributed by atoms with Crippen molar-refractivity contribution in [2.45, 2.75) is 13.0 Å². The highest BCUT2D eigenvalue weighted by Crippen LogP contribution is 2.29. The van der Waals surface area contributed by atoms with Gasteiger partial charge in [0.25, 0.3) is 0 Å². The highest BCUT2D eigenvalue weighted by molar-refractivity contribution is 6.11. The predicted molar refractivity (Wildman–Crippen MR) is 111 cm³/mol. The summed E-state index contributed by atoms with van der Waals surface area (Å²) in [6.07, 6.45) is 5.28. The van der Waals surface area contributed by atoms with Gasteiger partial charge in [-0.2, -0.15) is 5.10 Å². The van der Waals surface area contributed by atoms with Crippen molar-refractivity contribution in [2.75, 3.05) is 25.3 Å². The molecular weight excluding hydrogens is 413 g/mol. The van der Waals surface area contributed by atoms with Crippen molar-refractivity contribution in [1.82, 2.24) is 19.9 Å². The molecule has 0 saturated carbocycles. The number of alkyl halides is 1. The molecule has 0 amide bonds. The number of nitrogens with one attached hydrogen (secondary N) is 2. The molecule has 0 spiro atoms. The van der Waals surface area contributed by atoms with Crippen molar-refractivity contribution >= 4 is 23.3 Å². The van der Waals surface area contributed by atoms with Crippen molar-refractivity contribution in [3.8, 4) is 5.75 Å². The lowest BCUT2D eigenvalue weighted by atomic mass is 10.1. The molecule has 0 saturated heterocycles. The molecular formula is C20H21F3N6O2. The fraction of sp³-hybridized carbons (Fsp3) is 0.250. The van der Waals surface area contributed by atoms with E-state index in [1.165, 1.54) is 35.1 Å². The first kappa shape index (κ1) is 22.1. The number of anilines is 1. The summed E-state index contributed by atoms with van der Waals surface area (Å²) >= 11 is 0. The summed E-state index contributed by atoms with van der Waals surface area (Å²) in [6, 6.07) is 5.38. The van der Waals surface area contributed by atoms with Crippen LogP contribution in [0.3, 0.4) is 0 Å². The zero-order valence-electron chi connectivity index (χ0n) is 16.6. The molecule has 1 aromatic carbocycles. The molecule has 0 bridgehead atoms. The Morgan fingerprint density at radius 2 is 2.23 bits per heavy atom. The smallest absolute Gasteiger partial charge is 0.165 e. The first-order chi connectivity index (χ1) is 15.1. The van der Waals surface area contributed by atoms with Gasteiger partial charge >= 0.3 is 0 Å². The summed E-state index contributed by atoms with van der Waals surface area (Å²) in [7, 11) is 0. The van der Waals surface area contributed by atoms with Gasteiger partial charge in [-0.15, -0.1) is 0 Å². The number of ether oxygens (including phenoxy) is 1. The number of hydrogen-bond donors (Lipinski definition) is 3. The van der Waals surface area contributed by atoms with Crippen LogP contribution in [0, 0.1) is 5.82 Å². The molecule has 3 rings (SSSR count). The lowest BCUT2D eigenvalue weighted by Gasteiger charge is -2.19. The maximum absolute atomic E-state index is 13.8. The van der Waals surface area contributed by atoms with Crippen LogP contribution in [0.4, 0.5) is 19.1 Å². The van der Waals surface area contributed by atoms with Crippen LogP contribution in [0.25, 0.3) is 11.2 Å².